The van der Waals surface area contributed by atoms with Crippen molar-refractivity contribution in [2.45, 2.75) is 308 Å². The molecule has 18 heteroatoms. The van der Waals surface area contributed by atoms with Gasteiger partial charge in [-0.2, -0.15) is 0 Å². The molecule has 0 radical (unpaired) electrons. The van der Waals surface area contributed by atoms with Crippen molar-refractivity contribution in [3.05, 3.63) is 24.3 Å². The monoisotopic (exact) mass is 1120 g/mol. The maximum absolute atomic E-state index is 14.6. The molecule has 31 atom stereocenters. The molecule has 0 saturated carbocycles. The van der Waals surface area contributed by atoms with Crippen LogP contribution in [0.2, 0.25) is 0 Å². The molecule has 16 fully saturated rings. The van der Waals surface area contributed by atoms with Gasteiger partial charge in [0.2, 0.25) is 0 Å². The average Bonchev–Trinajstić information content (AvgIpc) is 4.36. The zero-order valence-electron chi connectivity index (χ0n) is 48.6. The summed E-state index contributed by atoms with van der Waals surface area (Å²) in [6.45, 7) is 23.5. The summed E-state index contributed by atoms with van der Waals surface area (Å²) in [6.07, 6.45) is 4.81. The minimum atomic E-state index is -0.977. The van der Waals surface area contributed by atoms with E-state index in [4.69, 9.17) is 75.8 Å². The van der Waals surface area contributed by atoms with E-state index in [1.54, 1.807) is 0 Å². The van der Waals surface area contributed by atoms with Crippen molar-refractivity contribution in [2.24, 2.45) is 29.6 Å². The number of fused-ring (bicyclic) bond motifs is 10. The van der Waals surface area contributed by atoms with E-state index in [2.05, 4.69) is 73.7 Å². The van der Waals surface area contributed by atoms with E-state index in [-0.39, 0.29) is 109 Å². The van der Waals surface area contributed by atoms with Crippen LogP contribution < -0.4 is 0 Å². The topological polar surface area (TPSA) is 168 Å². The zero-order valence-corrected chi connectivity index (χ0v) is 48.6. The van der Waals surface area contributed by atoms with Crippen LogP contribution in [0.25, 0.3) is 0 Å². The van der Waals surface area contributed by atoms with E-state index >= 15 is 0 Å². The summed E-state index contributed by atoms with van der Waals surface area (Å²) >= 11 is 0. The van der Waals surface area contributed by atoms with Gasteiger partial charge < -0.3 is 80.7 Å². The molecule has 31 unspecified atom stereocenters. The maximum atomic E-state index is 14.6. The number of nitrogens with zero attached hydrogens (tertiary/aromatic N) is 1. The summed E-state index contributed by atoms with van der Waals surface area (Å²) in [4.78, 5) is 16.8. The first-order valence-corrected chi connectivity index (χ1v) is 31.5. The first-order chi connectivity index (χ1) is 38.3. The molecule has 446 valence electrons. The fraction of sp³-hybridized carbons (Fsp3) is 0.919. The van der Waals surface area contributed by atoms with Gasteiger partial charge in [0.15, 0.2) is 29.9 Å². The van der Waals surface area contributed by atoms with Gasteiger partial charge in [-0.05, 0) is 114 Å². The van der Waals surface area contributed by atoms with E-state index in [1.165, 1.54) is 0 Å². The standard InChI is InChI=1S/C62H91NO17/c1-29(16-18-63(9)10)41-22-44-48(69-41)32(4)24-61(74-44)25-33(5)49-45(75-61)26-62(77-49)27-46-57(80-62)73-58-51(70-46)35(7)50-43(71-58)23-42-34(6)30(2)19-36(66-42)11-13-39-31(3)20-38(65-39)15-17-60-28-59(8)56(79-60)55-54(76-59)53(78-60)52-40(68-55)14-12-37(67-52)21-47(64)72-50/h29-30,32-33,35-46,48-58H,3,6,11-28H2,1-2,4-5,7-10H3. The number of hydrogen-bond donors (Lipinski definition) is 0. The predicted octanol–water partition coefficient (Wildman–Crippen LogP) is 7.34. The molecule has 80 heavy (non-hydrogen) atoms. The number of ether oxygens (including phenoxy) is 16. The highest BCUT2D eigenvalue weighted by molar-refractivity contribution is 5.70. The molecular weight excluding hydrogens is 1030 g/mol. The summed E-state index contributed by atoms with van der Waals surface area (Å²) in [5.74, 6) is -2.14. The second-order valence-electron chi connectivity index (χ2n) is 28.7. The number of carbonyl (C=O) groups is 1. The van der Waals surface area contributed by atoms with Gasteiger partial charge in [0.05, 0.1) is 73.6 Å². The molecule has 0 N–H and O–H groups in total. The van der Waals surface area contributed by atoms with Crippen LogP contribution in [-0.4, -0.2) is 189 Å². The van der Waals surface area contributed by atoms with Crippen LogP contribution in [-0.2, 0) is 80.6 Å². The molecule has 16 aliphatic rings. The van der Waals surface area contributed by atoms with Crippen LogP contribution >= 0.6 is 0 Å². The Morgan fingerprint density at radius 3 is 2.12 bits per heavy atom. The van der Waals surface area contributed by atoms with E-state index in [0.29, 0.717) is 56.8 Å². The molecule has 3 spiro atoms. The highest BCUT2D eigenvalue weighted by Crippen LogP contribution is 2.60. The molecule has 0 aliphatic carbocycles. The predicted molar refractivity (Wildman–Crippen MR) is 283 cm³/mol. The summed E-state index contributed by atoms with van der Waals surface area (Å²) in [5.41, 5.74) is 1.59. The Bertz CT molecular complexity index is 2400. The van der Waals surface area contributed by atoms with Crippen molar-refractivity contribution < 1.29 is 80.6 Å². The lowest BCUT2D eigenvalue weighted by atomic mass is 9.80. The van der Waals surface area contributed by atoms with Crippen molar-refractivity contribution in [2.75, 3.05) is 20.6 Å². The lowest BCUT2D eigenvalue weighted by molar-refractivity contribution is -0.392. The molecule has 0 aromatic carbocycles. The first kappa shape index (κ1) is 54.9. The number of rotatable bonds is 4. The molecule has 0 aromatic heterocycles. The third kappa shape index (κ3) is 9.42. The van der Waals surface area contributed by atoms with Crippen LogP contribution in [0.3, 0.4) is 0 Å². The van der Waals surface area contributed by atoms with Crippen LogP contribution in [0.4, 0.5) is 0 Å². The Kier molecular flexibility index (Phi) is 13.9. The molecule has 18 nitrogen and oxygen atoms in total. The Hall–Kier alpha value is -1.69. The minimum absolute atomic E-state index is 0.00613. The van der Waals surface area contributed by atoms with Gasteiger partial charge in [-0.15, -0.1) is 0 Å². The van der Waals surface area contributed by atoms with Crippen LogP contribution in [0.1, 0.15) is 151 Å². The highest BCUT2D eigenvalue weighted by atomic mass is 16.9. The smallest absolute Gasteiger partial charge is 0.308 e. The van der Waals surface area contributed by atoms with Gasteiger partial charge in [0, 0.05) is 57.3 Å². The fourth-order valence-corrected chi connectivity index (χ4v) is 18.3. The first-order valence-electron chi connectivity index (χ1n) is 31.5. The highest BCUT2D eigenvalue weighted by Gasteiger charge is 2.73. The molecule has 16 rings (SSSR count). The molecule has 12 bridgehead atoms. The van der Waals surface area contributed by atoms with E-state index in [9.17, 15) is 4.79 Å². The normalized spacial score (nSPS) is 57.2. The van der Waals surface area contributed by atoms with Crippen molar-refractivity contribution in [1.29, 1.82) is 0 Å². The lowest BCUT2D eigenvalue weighted by Crippen LogP contribution is -2.62. The molecular formula is C62H91NO17. The Labute approximate surface area is 472 Å². The quantitative estimate of drug-likeness (QED) is 0.202. The SMILES string of the molecule is C=C1CC2CCC34CC5(C)OC6C(O3)C3OC(CCC3OC6C5O4)CC(=O)OC3C(CC4OC(CCC1O2)CC(C)C4=C)OC1OC2OC4(CC2OC1C3C)CC1OC2(CC(C)C3OC(C(C)CCN(C)C)CC3O2)CC(C)C1O4. The fourth-order valence-electron chi connectivity index (χ4n) is 18.3. The zero-order chi connectivity index (χ0) is 54.9. The van der Waals surface area contributed by atoms with E-state index in [1.807, 2.05) is 0 Å². The molecule has 16 saturated heterocycles. The van der Waals surface area contributed by atoms with Gasteiger partial charge in [-0.25, -0.2) is 0 Å². The number of carbonyl (C=O) groups excluding carboxylic acids is 1. The van der Waals surface area contributed by atoms with Gasteiger partial charge in [-0.3, -0.25) is 4.79 Å². The van der Waals surface area contributed by atoms with Gasteiger partial charge in [0.1, 0.15) is 60.5 Å². The van der Waals surface area contributed by atoms with Crippen molar-refractivity contribution in [3.63, 3.8) is 0 Å². The van der Waals surface area contributed by atoms with E-state index < -0.39 is 78.3 Å². The third-order valence-electron chi connectivity index (χ3n) is 22.3. The number of hydrogen-bond acceptors (Lipinski definition) is 18. The summed E-state index contributed by atoms with van der Waals surface area (Å²) in [5, 5.41) is 0. The Morgan fingerprint density at radius 2 is 1.29 bits per heavy atom. The summed E-state index contributed by atoms with van der Waals surface area (Å²) < 4.78 is 111. The van der Waals surface area contributed by atoms with Crippen molar-refractivity contribution in [3.8, 4) is 0 Å². The Balaban J connectivity index is 0.656. The van der Waals surface area contributed by atoms with Crippen LogP contribution in [0.5, 0.6) is 0 Å². The largest absolute Gasteiger partial charge is 0.459 e. The van der Waals surface area contributed by atoms with Crippen LogP contribution in [0, 0.1) is 29.6 Å². The molecule has 0 aromatic rings. The molecule has 16 aliphatic heterocycles. The second-order valence-corrected chi connectivity index (χ2v) is 28.7. The lowest BCUT2D eigenvalue weighted by Gasteiger charge is -2.51. The van der Waals surface area contributed by atoms with Gasteiger partial charge in [0.25, 0.3) is 0 Å². The van der Waals surface area contributed by atoms with Crippen molar-refractivity contribution >= 4 is 5.97 Å². The third-order valence-corrected chi connectivity index (χ3v) is 22.3. The second kappa shape index (κ2) is 20.2. The van der Waals surface area contributed by atoms with Gasteiger partial charge >= 0.3 is 5.97 Å². The summed E-state index contributed by atoms with van der Waals surface area (Å²) in [6, 6.07) is 0. The summed E-state index contributed by atoms with van der Waals surface area (Å²) in [7, 11) is 4.25. The average molecular weight is 1120 g/mol. The number of esters is 1. The van der Waals surface area contributed by atoms with Gasteiger partial charge in [-0.1, -0.05) is 47.8 Å². The van der Waals surface area contributed by atoms with Crippen LogP contribution in [0.15, 0.2) is 24.3 Å². The Morgan fingerprint density at radius 1 is 0.562 bits per heavy atom. The van der Waals surface area contributed by atoms with Crippen molar-refractivity contribution in [1.82, 2.24) is 4.90 Å². The van der Waals surface area contributed by atoms with E-state index in [0.717, 1.165) is 75.5 Å². The minimum Gasteiger partial charge on any atom is -0.459 e. The molecule has 16 heterocycles. The molecule has 0 amide bonds. The maximum Gasteiger partial charge on any atom is 0.308 e.